The van der Waals surface area contributed by atoms with Gasteiger partial charge in [-0.15, -0.1) is 0 Å². The zero-order chi connectivity index (χ0) is 24.4. The van der Waals surface area contributed by atoms with Crippen LogP contribution in [-0.4, -0.2) is 47.6 Å². The number of nitrogens with one attached hydrogen (secondary N) is 1. The molecule has 3 heterocycles. The highest BCUT2D eigenvalue weighted by Gasteiger charge is 2.65. The molecule has 3 aliphatic rings. The molecule has 0 aromatic heterocycles. The number of morpholine rings is 1. The van der Waals surface area contributed by atoms with Gasteiger partial charge in [-0.25, -0.2) is 9.69 Å². The third-order valence-corrected chi connectivity index (χ3v) is 7.27. The molecule has 5 rings (SSSR count). The molecule has 1 N–H and O–H groups in total. The van der Waals surface area contributed by atoms with Gasteiger partial charge in [0.2, 0.25) is 5.91 Å². The molecule has 2 aromatic carbocycles. The predicted molar refractivity (Wildman–Crippen MR) is 126 cm³/mol. The van der Waals surface area contributed by atoms with E-state index in [4.69, 9.17) is 4.74 Å². The number of barbiturate groups is 1. The number of carbonyl (C=O) groups is 3. The number of nitro groups is 1. The highest BCUT2D eigenvalue weighted by Crippen LogP contribution is 2.49. The number of anilines is 2. The van der Waals surface area contributed by atoms with Crippen molar-refractivity contribution in [3.05, 3.63) is 62.6 Å². The number of nitrogens with zero attached hydrogens (tertiary/aromatic N) is 3. The SMILES string of the molecule is C[C@@H]1CN2c3ccc([N+](=O)[O-])cc3C[C@]3(C(=O)NC(=O)N(c4ccc(Br)cc4)C3=O)[C@@H]2[C@@H](C)O1. The smallest absolute Gasteiger partial charge is 0.335 e. The summed E-state index contributed by atoms with van der Waals surface area (Å²) in [4.78, 5) is 54.3. The highest BCUT2D eigenvalue weighted by atomic mass is 79.9. The predicted octanol–water partition coefficient (Wildman–Crippen LogP) is 3.17. The maximum absolute atomic E-state index is 14.1. The normalized spacial score (nSPS) is 28.4. The number of fused-ring (bicyclic) bond motifs is 4. The van der Waals surface area contributed by atoms with E-state index in [1.54, 1.807) is 37.3 Å². The van der Waals surface area contributed by atoms with Gasteiger partial charge in [-0.05, 0) is 49.7 Å². The van der Waals surface area contributed by atoms with Crippen LogP contribution in [0.15, 0.2) is 46.9 Å². The number of hydrogen-bond acceptors (Lipinski definition) is 7. The number of nitro benzene ring substituents is 1. The zero-order valence-electron chi connectivity index (χ0n) is 18.4. The Labute approximate surface area is 203 Å². The summed E-state index contributed by atoms with van der Waals surface area (Å²) in [5.41, 5.74) is -0.322. The molecule has 0 bridgehead atoms. The van der Waals surface area contributed by atoms with Gasteiger partial charge >= 0.3 is 6.03 Å². The summed E-state index contributed by atoms with van der Waals surface area (Å²) < 4.78 is 6.81. The monoisotopic (exact) mass is 528 g/mol. The van der Waals surface area contributed by atoms with Crippen LogP contribution in [0.1, 0.15) is 19.4 Å². The van der Waals surface area contributed by atoms with Crippen molar-refractivity contribution in [1.82, 2.24) is 5.32 Å². The molecule has 34 heavy (non-hydrogen) atoms. The maximum Gasteiger partial charge on any atom is 0.335 e. The van der Waals surface area contributed by atoms with Crippen molar-refractivity contribution in [3.63, 3.8) is 0 Å². The minimum absolute atomic E-state index is 0.0990. The molecule has 4 atom stereocenters. The van der Waals surface area contributed by atoms with E-state index in [1.165, 1.54) is 12.1 Å². The van der Waals surface area contributed by atoms with Crippen molar-refractivity contribution in [2.45, 2.75) is 38.5 Å². The number of ether oxygens (including phenoxy) is 1. The van der Waals surface area contributed by atoms with Crippen LogP contribution in [0, 0.1) is 15.5 Å². The lowest BCUT2D eigenvalue weighted by Crippen LogP contribution is -2.76. The van der Waals surface area contributed by atoms with Gasteiger partial charge in [0.25, 0.3) is 11.6 Å². The van der Waals surface area contributed by atoms with E-state index < -0.39 is 40.3 Å². The fourth-order valence-corrected chi connectivity index (χ4v) is 5.71. The number of rotatable bonds is 2. The molecule has 2 fully saturated rings. The molecule has 11 heteroatoms. The van der Waals surface area contributed by atoms with E-state index in [0.717, 1.165) is 15.1 Å². The second-order valence-electron chi connectivity index (χ2n) is 8.84. The molecule has 3 aliphatic heterocycles. The Morgan fingerprint density at radius 2 is 1.85 bits per heavy atom. The van der Waals surface area contributed by atoms with Gasteiger partial charge in [0.05, 0.1) is 28.9 Å². The van der Waals surface area contributed by atoms with Crippen molar-refractivity contribution in [3.8, 4) is 0 Å². The van der Waals surface area contributed by atoms with Gasteiger partial charge in [0, 0.05) is 35.3 Å². The molecular weight excluding hydrogens is 508 g/mol. The van der Waals surface area contributed by atoms with Gasteiger partial charge in [0.1, 0.15) is 0 Å². The molecule has 176 valence electrons. The van der Waals surface area contributed by atoms with Crippen LogP contribution >= 0.6 is 15.9 Å². The lowest BCUT2D eigenvalue weighted by molar-refractivity contribution is -0.384. The summed E-state index contributed by atoms with van der Waals surface area (Å²) in [5.74, 6) is -1.41. The fourth-order valence-electron chi connectivity index (χ4n) is 5.45. The van der Waals surface area contributed by atoms with Crippen LogP contribution in [-0.2, 0) is 20.7 Å². The molecule has 0 radical (unpaired) electrons. The van der Waals surface area contributed by atoms with Gasteiger partial charge in [0.15, 0.2) is 5.41 Å². The topological polar surface area (TPSA) is 122 Å². The second kappa shape index (κ2) is 7.88. The molecule has 1 spiro atoms. The van der Waals surface area contributed by atoms with Crippen LogP contribution in [0.5, 0.6) is 0 Å². The molecule has 0 unspecified atom stereocenters. The fraction of sp³-hybridized carbons (Fsp3) is 0.348. The van der Waals surface area contributed by atoms with Crippen LogP contribution < -0.4 is 15.1 Å². The largest absolute Gasteiger partial charge is 0.372 e. The van der Waals surface area contributed by atoms with E-state index >= 15 is 0 Å². The first-order valence-electron chi connectivity index (χ1n) is 10.8. The molecule has 0 aliphatic carbocycles. The van der Waals surface area contributed by atoms with Crippen LogP contribution in [0.4, 0.5) is 21.9 Å². The molecule has 0 saturated carbocycles. The Bertz CT molecular complexity index is 1230. The first-order chi connectivity index (χ1) is 16.1. The summed E-state index contributed by atoms with van der Waals surface area (Å²) >= 11 is 3.34. The zero-order valence-corrected chi connectivity index (χ0v) is 19.9. The maximum atomic E-state index is 14.1. The Kier molecular flexibility index (Phi) is 5.21. The number of halogens is 1. The van der Waals surface area contributed by atoms with Crippen molar-refractivity contribution >= 4 is 50.8 Å². The quantitative estimate of drug-likeness (QED) is 0.360. The molecule has 2 saturated heterocycles. The van der Waals surface area contributed by atoms with Crippen molar-refractivity contribution < 1.29 is 24.0 Å². The standard InChI is InChI=1S/C23H21BrN4O6/c1-12-11-26-18-8-7-17(28(32)33)9-14(18)10-23(19(26)13(2)34-12)20(29)25-22(31)27(21(23)30)16-5-3-15(24)4-6-16/h3-9,12-13,19H,10-11H2,1-2H3,(H,25,29,31)/t12-,13-,19+,23-/m1/s1. The minimum atomic E-state index is -1.72. The van der Waals surface area contributed by atoms with Crippen molar-refractivity contribution in [2.24, 2.45) is 5.41 Å². The Morgan fingerprint density at radius 1 is 1.15 bits per heavy atom. The van der Waals surface area contributed by atoms with Crippen LogP contribution in [0.3, 0.4) is 0 Å². The van der Waals surface area contributed by atoms with Crippen LogP contribution in [0.2, 0.25) is 0 Å². The van der Waals surface area contributed by atoms with Gasteiger partial charge in [-0.3, -0.25) is 25.0 Å². The van der Waals surface area contributed by atoms with E-state index in [1.807, 2.05) is 11.8 Å². The summed E-state index contributed by atoms with van der Waals surface area (Å²) in [6.07, 6.45) is -0.824. The first kappa shape index (κ1) is 22.5. The Morgan fingerprint density at radius 3 is 2.53 bits per heavy atom. The number of non-ortho nitro benzene ring substituents is 1. The lowest BCUT2D eigenvalue weighted by Gasteiger charge is -2.56. The summed E-state index contributed by atoms with van der Waals surface area (Å²) in [5, 5.41) is 13.8. The molecule has 4 amide bonds. The number of urea groups is 1. The summed E-state index contributed by atoms with van der Waals surface area (Å²) in [7, 11) is 0. The van der Waals surface area contributed by atoms with Crippen molar-refractivity contribution in [1.29, 1.82) is 0 Å². The van der Waals surface area contributed by atoms with Gasteiger partial charge < -0.3 is 9.64 Å². The second-order valence-corrected chi connectivity index (χ2v) is 9.76. The Balaban J connectivity index is 1.70. The molecular formula is C23H21BrN4O6. The molecule has 10 nitrogen and oxygen atoms in total. The first-order valence-corrected chi connectivity index (χ1v) is 11.6. The van der Waals surface area contributed by atoms with Crippen molar-refractivity contribution in [2.75, 3.05) is 16.3 Å². The van der Waals surface area contributed by atoms with Crippen LogP contribution in [0.25, 0.3) is 0 Å². The summed E-state index contributed by atoms with van der Waals surface area (Å²) in [6.45, 7) is 4.07. The van der Waals surface area contributed by atoms with Gasteiger partial charge in [-0.2, -0.15) is 0 Å². The molecule has 2 aromatic rings. The Hall–Kier alpha value is -3.31. The van der Waals surface area contributed by atoms with E-state index in [0.29, 0.717) is 17.8 Å². The summed E-state index contributed by atoms with van der Waals surface area (Å²) in [6, 6.07) is 9.52. The minimum Gasteiger partial charge on any atom is -0.372 e. The number of imide groups is 2. The van der Waals surface area contributed by atoms with Gasteiger partial charge in [-0.1, -0.05) is 15.9 Å². The van der Waals surface area contributed by atoms with E-state index in [-0.39, 0.29) is 18.2 Å². The number of amides is 4. The number of benzene rings is 2. The van der Waals surface area contributed by atoms with E-state index in [2.05, 4.69) is 21.2 Å². The average Bonchev–Trinajstić information content (AvgIpc) is 2.78. The third-order valence-electron chi connectivity index (χ3n) is 6.74. The number of carbonyl (C=O) groups excluding carboxylic acids is 3. The average molecular weight is 529 g/mol. The van der Waals surface area contributed by atoms with E-state index in [9.17, 15) is 24.5 Å². The number of hydrogen-bond donors (Lipinski definition) is 1. The third kappa shape index (κ3) is 3.22. The highest BCUT2D eigenvalue weighted by molar-refractivity contribution is 9.10. The lowest BCUT2D eigenvalue weighted by atomic mass is 9.66.